The first-order valence-corrected chi connectivity index (χ1v) is 7.94. The van der Waals surface area contributed by atoms with Crippen molar-refractivity contribution in [2.45, 2.75) is 26.4 Å². The summed E-state index contributed by atoms with van der Waals surface area (Å²) in [6.07, 6.45) is -0.258. The number of fused-ring (bicyclic) bond motifs is 1. The van der Waals surface area contributed by atoms with E-state index < -0.39 is 5.60 Å². The molecule has 3 rings (SSSR count). The van der Waals surface area contributed by atoms with Gasteiger partial charge in [0.2, 0.25) is 0 Å². The van der Waals surface area contributed by atoms with Crippen LogP contribution >= 0.6 is 11.6 Å². The molecule has 1 saturated heterocycles. The molecule has 23 heavy (non-hydrogen) atoms. The molecule has 1 aliphatic heterocycles. The molecule has 1 aliphatic rings. The molecule has 0 bridgehead atoms. The van der Waals surface area contributed by atoms with E-state index >= 15 is 0 Å². The molecule has 2 aromatic rings. The molecule has 2 aromatic heterocycles. The molecule has 1 amide bonds. The summed E-state index contributed by atoms with van der Waals surface area (Å²) in [4.78, 5) is 19.2. The topological polar surface area (TPSA) is 74.3 Å². The van der Waals surface area contributed by atoms with Crippen LogP contribution in [0.1, 0.15) is 20.8 Å². The molecule has 1 fully saturated rings. The van der Waals surface area contributed by atoms with E-state index in [-0.39, 0.29) is 6.09 Å². The van der Waals surface area contributed by atoms with Crippen LogP contribution < -0.4 is 4.90 Å². The van der Waals surface area contributed by atoms with Crippen molar-refractivity contribution >= 4 is 34.5 Å². The van der Waals surface area contributed by atoms with E-state index in [9.17, 15) is 4.79 Å². The average Bonchev–Trinajstić information content (AvgIpc) is 2.88. The number of aromatic amines is 1. The van der Waals surface area contributed by atoms with Crippen molar-refractivity contribution in [2.75, 3.05) is 31.1 Å². The lowest BCUT2D eigenvalue weighted by Crippen LogP contribution is -2.50. The Morgan fingerprint density at radius 1 is 1.22 bits per heavy atom. The van der Waals surface area contributed by atoms with E-state index in [0.717, 1.165) is 24.3 Å². The van der Waals surface area contributed by atoms with Crippen molar-refractivity contribution in [1.82, 2.24) is 20.1 Å². The largest absolute Gasteiger partial charge is 0.444 e. The van der Waals surface area contributed by atoms with Gasteiger partial charge in [-0.25, -0.2) is 4.79 Å². The monoisotopic (exact) mass is 337 g/mol. The quantitative estimate of drug-likeness (QED) is 0.866. The van der Waals surface area contributed by atoms with Gasteiger partial charge in [-0.2, -0.15) is 0 Å². The standard InChI is InChI=1S/C15H20ClN5O2/c1-15(2,3)23-14(22)21-6-4-20(5-7-21)12-9-10-8-11(16)18-19-13(10)17-12/h8-9H,4-7H2,1-3H3,(H,17,19). The van der Waals surface area contributed by atoms with Gasteiger partial charge in [-0.15, -0.1) is 10.2 Å². The molecule has 0 atom stereocenters. The fraction of sp³-hybridized carbons (Fsp3) is 0.533. The smallest absolute Gasteiger partial charge is 0.410 e. The van der Waals surface area contributed by atoms with Crippen LogP contribution in [0.2, 0.25) is 5.15 Å². The van der Waals surface area contributed by atoms with E-state index in [2.05, 4.69) is 20.1 Å². The first kappa shape index (κ1) is 15.9. The van der Waals surface area contributed by atoms with Crippen LogP contribution in [0.15, 0.2) is 12.1 Å². The minimum Gasteiger partial charge on any atom is -0.444 e. The van der Waals surface area contributed by atoms with E-state index in [4.69, 9.17) is 16.3 Å². The first-order chi connectivity index (χ1) is 10.8. The highest BCUT2D eigenvalue weighted by Gasteiger charge is 2.26. The normalized spacial score (nSPS) is 16.0. The van der Waals surface area contributed by atoms with Gasteiger partial charge in [-0.3, -0.25) is 0 Å². The Hall–Kier alpha value is -2.02. The van der Waals surface area contributed by atoms with E-state index in [0.29, 0.717) is 23.9 Å². The molecule has 0 aromatic carbocycles. The number of ether oxygens (including phenoxy) is 1. The number of rotatable bonds is 1. The summed E-state index contributed by atoms with van der Waals surface area (Å²) in [6.45, 7) is 8.32. The highest BCUT2D eigenvalue weighted by Crippen LogP contribution is 2.23. The molecule has 0 saturated carbocycles. The zero-order chi connectivity index (χ0) is 16.6. The van der Waals surface area contributed by atoms with Gasteiger partial charge in [0.05, 0.1) is 0 Å². The van der Waals surface area contributed by atoms with Gasteiger partial charge in [-0.05, 0) is 32.9 Å². The summed E-state index contributed by atoms with van der Waals surface area (Å²) >= 11 is 5.86. The number of aromatic nitrogens is 3. The molecule has 0 aliphatic carbocycles. The second-order valence-corrected chi connectivity index (χ2v) is 6.97. The molecule has 7 nitrogen and oxygen atoms in total. The number of halogens is 1. The summed E-state index contributed by atoms with van der Waals surface area (Å²) in [7, 11) is 0. The summed E-state index contributed by atoms with van der Waals surface area (Å²) < 4.78 is 5.41. The minimum absolute atomic E-state index is 0.258. The zero-order valence-electron chi connectivity index (χ0n) is 13.5. The second kappa shape index (κ2) is 5.88. The SMILES string of the molecule is CC(C)(C)OC(=O)N1CCN(c2cc3cc(Cl)nnc3[nH]2)CC1. The van der Waals surface area contributed by atoms with Gasteiger partial charge in [0.25, 0.3) is 0 Å². The van der Waals surface area contributed by atoms with Gasteiger partial charge in [0.15, 0.2) is 10.8 Å². The number of hydrogen-bond donors (Lipinski definition) is 1. The molecule has 3 heterocycles. The zero-order valence-corrected chi connectivity index (χ0v) is 14.2. The molecule has 8 heteroatoms. The van der Waals surface area contributed by atoms with Gasteiger partial charge >= 0.3 is 6.09 Å². The molecule has 0 spiro atoms. The maximum absolute atomic E-state index is 12.1. The van der Waals surface area contributed by atoms with Gasteiger partial charge in [-0.1, -0.05) is 11.6 Å². The number of carbonyl (C=O) groups excluding carboxylic acids is 1. The van der Waals surface area contributed by atoms with E-state index in [1.54, 1.807) is 11.0 Å². The number of nitrogens with zero attached hydrogens (tertiary/aromatic N) is 4. The molecular weight excluding hydrogens is 318 g/mol. The lowest BCUT2D eigenvalue weighted by molar-refractivity contribution is 0.0240. The number of piperazine rings is 1. The molecule has 1 N–H and O–H groups in total. The van der Waals surface area contributed by atoms with Crippen molar-refractivity contribution in [3.8, 4) is 0 Å². The summed E-state index contributed by atoms with van der Waals surface area (Å²) in [5.74, 6) is 0.959. The highest BCUT2D eigenvalue weighted by atomic mass is 35.5. The van der Waals surface area contributed by atoms with Crippen LogP contribution in [0.5, 0.6) is 0 Å². The first-order valence-electron chi connectivity index (χ1n) is 7.57. The third-order valence-electron chi connectivity index (χ3n) is 3.60. The van der Waals surface area contributed by atoms with Crippen LogP contribution in [-0.4, -0.2) is 58.0 Å². The average molecular weight is 338 g/mol. The van der Waals surface area contributed by atoms with Crippen molar-refractivity contribution in [3.63, 3.8) is 0 Å². The van der Waals surface area contributed by atoms with Gasteiger partial charge in [0.1, 0.15) is 11.4 Å². The second-order valence-electron chi connectivity index (χ2n) is 6.58. The fourth-order valence-corrected chi connectivity index (χ4v) is 2.68. The highest BCUT2D eigenvalue weighted by molar-refractivity contribution is 6.29. The van der Waals surface area contributed by atoms with Crippen LogP contribution in [0, 0.1) is 0 Å². The van der Waals surface area contributed by atoms with Crippen LogP contribution in [-0.2, 0) is 4.74 Å². The number of anilines is 1. The molecule has 0 unspecified atom stereocenters. The Morgan fingerprint density at radius 3 is 2.57 bits per heavy atom. The van der Waals surface area contributed by atoms with Gasteiger partial charge in [0, 0.05) is 31.6 Å². The summed E-state index contributed by atoms with van der Waals surface area (Å²) in [5, 5.41) is 9.16. The number of hydrogen-bond acceptors (Lipinski definition) is 5. The van der Waals surface area contributed by atoms with Crippen molar-refractivity contribution in [1.29, 1.82) is 0 Å². The Labute approximate surface area is 139 Å². The number of amides is 1. The van der Waals surface area contributed by atoms with E-state index in [1.807, 2.05) is 26.8 Å². The Morgan fingerprint density at radius 2 is 1.91 bits per heavy atom. The predicted molar refractivity (Wildman–Crippen MR) is 88.9 cm³/mol. The van der Waals surface area contributed by atoms with Crippen LogP contribution in [0.3, 0.4) is 0 Å². The van der Waals surface area contributed by atoms with Crippen molar-refractivity contribution in [3.05, 3.63) is 17.3 Å². The number of carbonyl (C=O) groups is 1. The molecule has 0 radical (unpaired) electrons. The third kappa shape index (κ3) is 3.67. The summed E-state index contributed by atoms with van der Waals surface area (Å²) in [6, 6.07) is 3.78. The van der Waals surface area contributed by atoms with Crippen molar-refractivity contribution < 1.29 is 9.53 Å². The van der Waals surface area contributed by atoms with Crippen molar-refractivity contribution in [2.24, 2.45) is 0 Å². The van der Waals surface area contributed by atoms with Gasteiger partial charge < -0.3 is 19.5 Å². The third-order valence-corrected chi connectivity index (χ3v) is 3.79. The predicted octanol–water partition coefficient (Wildman–Crippen LogP) is 2.67. The Bertz CT molecular complexity index is 716. The lowest BCUT2D eigenvalue weighted by Gasteiger charge is -2.36. The molecular formula is C15H20ClN5O2. The van der Waals surface area contributed by atoms with Crippen LogP contribution in [0.25, 0.3) is 11.0 Å². The fourth-order valence-electron chi connectivity index (χ4n) is 2.52. The number of H-pyrrole nitrogens is 1. The summed E-state index contributed by atoms with van der Waals surface area (Å²) in [5.41, 5.74) is 0.238. The molecule has 124 valence electrons. The van der Waals surface area contributed by atoms with E-state index in [1.165, 1.54) is 0 Å². The Kier molecular flexibility index (Phi) is 4.06. The lowest BCUT2D eigenvalue weighted by atomic mass is 10.2. The van der Waals surface area contributed by atoms with Crippen LogP contribution in [0.4, 0.5) is 10.6 Å². The maximum atomic E-state index is 12.1. The maximum Gasteiger partial charge on any atom is 0.410 e. The number of nitrogens with one attached hydrogen (secondary N) is 1. The minimum atomic E-state index is -0.469. The Balaban J connectivity index is 1.65.